The lowest BCUT2D eigenvalue weighted by Crippen LogP contribution is -2.12. The van der Waals surface area contributed by atoms with E-state index in [9.17, 15) is 13.6 Å². The average molecular weight is 340 g/mol. The Morgan fingerprint density at radius 1 is 1.24 bits per heavy atom. The van der Waals surface area contributed by atoms with Crippen LogP contribution in [0, 0.1) is 11.6 Å². The number of benzene rings is 2. The van der Waals surface area contributed by atoms with Crippen LogP contribution in [0.15, 0.2) is 47.4 Å². The lowest BCUT2D eigenvalue weighted by atomic mass is 10.1. The van der Waals surface area contributed by atoms with Gasteiger partial charge in [0.2, 0.25) is 5.95 Å². The van der Waals surface area contributed by atoms with Gasteiger partial charge in [0.1, 0.15) is 5.82 Å². The Hall–Kier alpha value is -3.22. The maximum absolute atomic E-state index is 14.8. The number of pyridine rings is 1. The monoisotopic (exact) mass is 340 g/mol. The second kappa shape index (κ2) is 5.70. The normalized spacial score (nSPS) is 11.3. The molecule has 2 aromatic carbocycles. The molecule has 0 aliphatic carbocycles. The van der Waals surface area contributed by atoms with E-state index < -0.39 is 17.1 Å². The predicted octanol–water partition coefficient (Wildman–Crippen LogP) is 3.31. The van der Waals surface area contributed by atoms with Crippen LogP contribution in [0.5, 0.6) is 0 Å². The van der Waals surface area contributed by atoms with Gasteiger partial charge in [0, 0.05) is 31.4 Å². The van der Waals surface area contributed by atoms with Gasteiger partial charge in [0.15, 0.2) is 11.2 Å². The van der Waals surface area contributed by atoms with E-state index in [-0.39, 0.29) is 23.0 Å². The van der Waals surface area contributed by atoms with Crippen molar-refractivity contribution in [2.45, 2.75) is 6.54 Å². The molecule has 0 aliphatic heterocycles. The summed E-state index contributed by atoms with van der Waals surface area (Å²) in [7, 11) is 1.61. The lowest BCUT2D eigenvalue weighted by Gasteiger charge is -2.11. The van der Waals surface area contributed by atoms with E-state index in [0.717, 1.165) is 17.1 Å². The summed E-state index contributed by atoms with van der Waals surface area (Å²) in [6.45, 7) is -0.101. The summed E-state index contributed by atoms with van der Waals surface area (Å²) >= 11 is 0. The highest BCUT2D eigenvalue weighted by Gasteiger charge is 2.17. The minimum Gasteiger partial charge on any atom is -0.351 e. The second-order valence-electron chi connectivity index (χ2n) is 5.79. The molecule has 0 bridgehead atoms. The summed E-state index contributed by atoms with van der Waals surface area (Å²) in [5, 5.41) is 2.92. The average Bonchev–Trinajstić information content (AvgIpc) is 3.00. The Bertz CT molecular complexity index is 1130. The van der Waals surface area contributed by atoms with Crippen molar-refractivity contribution in [1.82, 2.24) is 14.5 Å². The standard InChI is InChI=1S/C18H14F2N4O/c1-24-7-6-15(25)10-8-12(19)11(16(20)17(10)24)9-21-18-22-13-4-2-3-5-14(13)23-18/h2-8H,9H2,1H3,(H2,21,22,23). The number of aromatic nitrogens is 3. The molecule has 4 aromatic rings. The van der Waals surface area contributed by atoms with Gasteiger partial charge in [-0.25, -0.2) is 13.8 Å². The van der Waals surface area contributed by atoms with Crippen LogP contribution in [0.4, 0.5) is 14.7 Å². The van der Waals surface area contributed by atoms with Crippen molar-refractivity contribution in [2.75, 3.05) is 5.32 Å². The Balaban J connectivity index is 1.74. The lowest BCUT2D eigenvalue weighted by molar-refractivity contribution is 0.564. The first kappa shape index (κ1) is 15.3. The van der Waals surface area contributed by atoms with Crippen LogP contribution in [0.2, 0.25) is 0 Å². The molecule has 0 saturated carbocycles. The Labute approximate surface area is 140 Å². The molecule has 2 N–H and O–H groups in total. The molecule has 5 nitrogen and oxygen atoms in total. The third-order valence-corrected chi connectivity index (χ3v) is 4.18. The molecule has 126 valence electrons. The largest absolute Gasteiger partial charge is 0.351 e. The highest BCUT2D eigenvalue weighted by atomic mass is 19.1. The smallest absolute Gasteiger partial charge is 0.201 e. The first-order valence-corrected chi connectivity index (χ1v) is 7.69. The van der Waals surface area contributed by atoms with Crippen molar-refractivity contribution in [3.63, 3.8) is 0 Å². The van der Waals surface area contributed by atoms with E-state index in [1.807, 2.05) is 24.3 Å². The van der Waals surface area contributed by atoms with E-state index in [1.54, 1.807) is 7.05 Å². The van der Waals surface area contributed by atoms with Crippen LogP contribution in [-0.4, -0.2) is 14.5 Å². The molecule has 0 radical (unpaired) electrons. The van der Waals surface area contributed by atoms with Crippen LogP contribution in [-0.2, 0) is 13.6 Å². The Morgan fingerprint density at radius 2 is 2.04 bits per heavy atom. The molecule has 0 fully saturated rings. The van der Waals surface area contributed by atoms with Gasteiger partial charge in [-0.05, 0) is 18.2 Å². The molecule has 0 amide bonds. The molecule has 0 aliphatic rings. The molecular formula is C18H14F2N4O. The van der Waals surface area contributed by atoms with Gasteiger partial charge in [0.05, 0.1) is 21.9 Å². The minimum absolute atomic E-state index is 0.0208. The number of aryl methyl sites for hydroxylation is 1. The number of hydrogen-bond donors (Lipinski definition) is 2. The van der Waals surface area contributed by atoms with Gasteiger partial charge in [-0.2, -0.15) is 0 Å². The molecule has 25 heavy (non-hydrogen) atoms. The number of anilines is 1. The van der Waals surface area contributed by atoms with Crippen molar-refractivity contribution in [3.05, 3.63) is 70.0 Å². The number of rotatable bonds is 3. The van der Waals surface area contributed by atoms with Crippen LogP contribution >= 0.6 is 0 Å². The number of nitrogens with zero attached hydrogens (tertiary/aromatic N) is 2. The molecule has 0 unspecified atom stereocenters. The maximum atomic E-state index is 14.8. The summed E-state index contributed by atoms with van der Waals surface area (Å²) in [5.41, 5.74) is 1.10. The highest BCUT2D eigenvalue weighted by Crippen LogP contribution is 2.23. The zero-order valence-electron chi connectivity index (χ0n) is 13.3. The first-order chi connectivity index (χ1) is 12.0. The van der Waals surface area contributed by atoms with Gasteiger partial charge in [0.25, 0.3) is 0 Å². The molecule has 7 heteroatoms. The number of aromatic amines is 1. The molecule has 2 heterocycles. The van der Waals surface area contributed by atoms with E-state index in [2.05, 4.69) is 15.3 Å². The Morgan fingerprint density at radius 3 is 2.84 bits per heavy atom. The second-order valence-corrected chi connectivity index (χ2v) is 5.79. The summed E-state index contributed by atoms with van der Waals surface area (Å²) in [6.07, 6.45) is 1.46. The molecule has 0 atom stereocenters. The van der Waals surface area contributed by atoms with Gasteiger partial charge in [-0.1, -0.05) is 12.1 Å². The van der Waals surface area contributed by atoms with Crippen molar-refractivity contribution < 1.29 is 8.78 Å². The minimum atomic E-state index is -0.767. The first-order valence-electron chi connectivity index (χ1n) is 7.69. The number of H-pyrrole nitrogens is 1. The third kappa shape index (κ3) is 2.53. The highest BCUT2D eigenvalue weighted by molar-refractivity contribution is 5.81. The quantitative estimate of drug-likeness (QED) is 0.601. The number of para-hydroxylation sites is 2. The molecule has 2 aromatic heterocycles. The third-order valence-electron chi connectivity index (χ3n) is 4.18. The van der Waals surface area contributed by atoms with Gasteiger partial charge in [-0.15, -0.1) is 0 Å². The van der Waals surface area contributed by atoms with Gasteiger partial charge in [-0.3, -0.25) is 4.79 Å². The van der Waals surface area contributed by atoms with Crippen molar-refractivity contribution in [3.8, 4) is 0 Å². The predicted molar refractivity (Wildman–Crippen MR) is 92.5 cm³/mol. The molecule has 0 spiro atoms. The number of nitrogens with one attached hydrogen (secondary N) is 2. The van der Waals surface area contributed by atoms with Gasteiger partial charge >= 0.3 is 0 Å². The van der Waals surface area contributed by atoms with E-state index in [0.29, 0.717) is 5.95 Å². The van der Waals surface area contributed by atoms with E-state index in [4.69, 9.17) is 0 Å². The Kier molecular flexibility index (Phi) is 3.49. The molecular weight excluding hydrogens is 326 g/mol. The van der Waals surface area contributed by atoms with Crippen molar-refractivity contribution in [1.29, 1.82) is 0 Å². The number of imidazole rings is 1. The molecule has 4 rings (SSSR count). The van der Waals surface area contributed by atoms with E-state index >= 15 is 0 Å². The summed E-state index contributed by atoms with van der Waals surface area (Å²) in [5.74, 6) is -1.10. The van der Waals surface area contributed by atoms with Crippen LogP contribution in [0.1, 0.15) is 5.56 Å². The fourth-order valence-electron chi connectivity index (χ4n) is 2.90. The summed E-state index contributed by atoms with van der Waals surface area (Å²) in [6, 6.07) is 9.79. The summed E-state index contributed by atoms with van der Waals surface area (Å²) in [4.78, 5) is 19.2. The van der Waals surface area contributed by atoms with Crippen molar-refractivity contribution in [2.24, 2.45) is 7.05 Å². The zero-order chi connectivity index (χ0) is 17.6. The van der Waals surface area contributed by atoms with Crippen LogP contribution < -0.4 is 10.7 Å². The van der Waals surface area contributed by atoms with E-state index in [1.165, 1.54) is 16.8 Å². The van der Waals surface area contributed by atoms with Crippen LogP contribution in [0.25, 0.3) is 21.9 Å². The number of hydrogen-bond acceptors (Lipinski definition) is 3. The molecule has 0 saturated heterocycles. The fourth-order valence-corrected chi connectivity index (χ4v) is 2.90. The van der Waals surface area contributed by atoms with Crippen molar-refractivity contribution >= 4 is 27.9 Å². The number of halogens is 2. The topological polar surface area (TPSA) is 62.7 Å². The number of fused-ring (bicyclic) bond motifs is 2. The maximum Gasteiger partial charge on any atom is 0.201 e. The SMILES string of the molecule is Cn1ccc(=O)c2cc(F)c(CNc3nc4ccccc4[nH]3)c(F)c21. The zero-order valence-corrected chi connectivity index (χ0v) is 13.3. The van der Waals surface area contributed by atoms with Crippen LogP contribution in [0.3, 0.4) is 0 Å². The van der Waals surface area contributed by atoms with Gasteiger partial charge < -0.3 is 14.9 Å². The fraction of sp³-hybridized carbons (Fsp3) is 0.111. The summed E-state index contributed by atoms with van der Waals surface area (Å²) < 4.78 is 30.6.